The highest BCUT2D eigenvalue weighted by Crippen LogP contribution is 2.17. The first-order chi connectivity index (χ1) is 12.1. The number of anilines is 1. The molecule has 0 aromatic heterocycles. The van der Waals surface area contributed by atoms with Gasteiger partial charge in [-0.15, -0.1) is 0 Å². The maximum Gasteiger partial charge on any atom is 0.340 e. The molecule has 0 saturated heterocycles. The van der Waals surface area contributed by atoms with Crippen LogP contribution in [0.2, 0.25) is 0 Å². The van der Waals surface area contributed by atoms with Crippen molar-refractivity contribution in [2.75, 3.05) is 11.9 Å². The Kier molecular flexibility index (Phi) is 7.47. The lowest BCUT2D eigenvalue weighted by atomic mass is 10.2. The fourth-order valence-corrected chi connectivity index (χ4v) is 2.57. The number of ether oxygens (including phenoxy) is 1. The highest BCUT2D eigenvalue weighted by Gasteiger charge is 2.14. The Balaban J connectivity index is 1.96. The normalized spacial score (nSPS) is 10.2. The molecule has 0 bridgehead atoms. The van der Waals surface area contributed by atoms with Crippen molar-refractivity contribution < 1.29 is 14.3 Å². The minimum Gasteiger partial charge on any atom is -0.462 e. The molecule has 2 aromatic rings. The van der Waals surface area contributed by atoms with E-state index in [4.69, 9.17) is 4.74 Å². The summed E-state index contributed by atoms with van der Waals surface area (Å²) >= 11 is 3.44. The molecule has 2 N–H and O–H groups in total. The maximum absolute atomic E-state index is 12.1. The van der Waals surface area contributed by atoms with Gasteiger partial charge in [0.15, 0.2) is 0 Å². The molecule has 5 nitrogen and oxygen atoms in total. The third-order valence-electron chi connectivity index (χ3n) is 3.52. The van der Waals surface area contributed by atoms with Crippen molar-refractivity contribution in [1.29, 1.82) is 0 Å². The third kappa shape index (κ3) is 5.90. The highest BCUT2D eigenvalue weighted by atomic mass is 79.9. The zero-order valence-corrected chi connectivity index (χ0v) is 15.6. The summed E-state index contributed by atoms with van der Waals surface area (Å²) in [6.07, 6.45) is 1.76. The molecule has 132 valence electrons. The summed E-state index contributed by atoms with van der Waals surface area (Å²) in [7, 11) is 0. The number of rotatable bonds is 7. The molecule has 0 spiro atoms. The number of carbonyl (C=O) groups excluding carboxylic acids is 2. The lowest BCUT2D eigenvalue weighted by Gasteiger charge is -2.12. The van der Waals surface area contributed by atoms with Gasteiger partial charge in [-0.2, -0.15) is 0 Å². The van der Waals surface area contributed by atoms with Crippen LogP contribution >= 0.6 is 15.9 Å². The van der Waals surface area contributed by atoms with Crippen LogP contribution in [0.1, 0.15) is 35.7 Å². The third-order valence-corrected chi connectivity index (χ3v) is 4.30. The van der Waals surface area contributed by atoms with Gasteiger partial charge in [0.25, 0.3) is 0 Å². The summed E-state index contributed by atoms with van der Waals surface area (Å²) < 4.78 is 6.15. The quantitative estimate of drug-likeness (QED) is 0.517. The largest absolute Gasteiger partial charge is 0.462 e. The van der Waals surface area contributed by atoms with Crippen molar-refractivity contribution in [2.45, 2.75) is 26.3 Å². The van der Waals surface area contributed by atoms with Crippen molar-refractivity contribution >= 4 is 33.6 Å². The Hall–Kier alpha value is -2.34. The highest BCUT2D eigenvalue weighted by molar-refractivity contribution is 9.10. The summed E-state index contributed by atoms with van der Waals surface area (Å²) in [5.74, 6) is -0.435. The van der Waals surface area contributed by atoms with E-state index in [0.29, 0.717) is 24.4 Å². The van der Waals surface area contributed by atoms with E-state index in [1.165, 1.54) is 0 Å². The van der Waals surface area contributed by atoms with Crippen LogP contribution in [0.5, 0.6) is 0 Å². The van der Waals surface area contributed by atoms with E-state index in [-0.39, 0.29) is 6.03 Å². The standard InChI is InChI=1S/C19H21BrN2O3/c1-2-3-12-25-18(23)15-9-5-7-11-17(15)22-19(24)21-13-14-8-4-6-10-16(14)20/h4-11H,2-3,12-13H2,1H3,(H2,21,22,24). The summed E-state index contributed by atoms with van der Waals surface area (Å²) in [6, 6.07) is 14.1. The number of benzene rings is 2. The molecule has 0 aliphatic rings. The van der Waals surface area contributed by atoms with Gasteiger partial charge in [0.2, 0.25) is 0 Å². The Morgan fingerprint density at radius 3 is 2.56 bits per heavy atom. The number of hydrogen-bond donors (Lipinski definition) is 2. The van der Waals surface area contributed by atoms with Crippen molar-refractivity contribution in [2.24, 2.45) is 0 Å². The number of urea groups is 1. The van der Waals surface area contributed by atoms with Crippen molar-refractivity contribution in [3.05, 3.63) is 64.1 Å². The van der Waals surface area contributed by atoms with Crippen LogP contribution in [-0.2, 0) is 11.3 Å². The molecule has 2 aromatic carbocycles. The second kappa shape index (κ2) is 9.84. The molecule has 0 aliphatic carbocycles. The van der Waals surface area contributed by atoms with Crippen LogP contribution in [0.4, 0.5) is 10.5 Å². The topological polar surface area (TPSA) is 67.4 Å². The van der Waals surface area contributed by atoms with Gasteiger partial charge in [-0.25, -0.2) is 9.59 Å². The Bertz CT molecular complexity index is 734. The molecule has 0 atom stereocenters. The predicted octanol–water partition coefficient (Wildman–Crippen LogP) is 4.73. The molecule has 0 fully saturated rings. The van der Waals surface area contributed by atoms with E-state index in [9.17, 15) is 9.59 Å². The second-order valence-corrected chi connectivity index (χ2v) is 6.29. The van der Waals surface area contributed by atoms with E-state index in [1.54, 1.807) is 24.3 Å². The van der Waals surface area contributed by atoms with Gasteiger partial charge in [-0.1, -0.05) is 59.6 Å². The zero-order valence-electron chi connectivity index (χ0n) is 14.0. The lowest BCUT2D eigenvalue weighted by molar-refractivity contribution is 0.0501. The van der Waals surface area contributed by atoms with Crippen molar-refractivity contribution in [3.8, 4) is 0 Å². The Labute approximate surface area is 155 Å². The number of halogens is 1. The molecule has 0 aliphatic heterocycles. The van der Waals surface area contributed by atoms with Gasteiger partial charge in [-0.3, -0.25) is 0 Å². The number of hydrogen-bond acceptors (Lipinski definition) is 3. The van der Waals surface area contributed by atoms with Gasteiger partial charge in [-0.05, 0) is 30.2 Å². The summed E-state index contributed by atoms with van der Waals surface area (Å²) in [5, 5.41) is 5.48. The van der Waals surface area contributed by atoms with Crippen LogP contribution in [0.25, 0.3) is 0 Å². The number of unbranched alkanes of at least 4 members (excludes halogenated alkanes) is 1. The van der Waals surface area contributed by atoms with Crippen LogP contribution < -0.4 is 10.6 Å². The average molecular weight is 405 g/mol. The van der Waals surface area contributed by atoms with Gasteiger partial charge < -0.3 is 15.4 Å². The van der Waals surface area contributed by atoms with Crippen molar-refractivity contribution in [3.63, 3.8) is 0 Å². The molecule has 2 amide bonds. The first kappa shape index (κ1) is 19.0. The maximum atomic E-state index is 12.1. The van der Waals surface area contributed by atoms with E-state index >= 15 is 0 Å². The number of esters is 1. The SMILES string of the molecule is CCCCOC(=O)c1ccccc1NC(=O)NCc1ccccc1Br. The van der Waals surface area contributed by atoms with Crippen LogP contribution in [0.3, 0.4) is 0 Å². The summed E-state index contributed by atoms with van der Waals surface area (Å²) in [6.45, 7) is 2.77. The minimum absolute atomic E-state index is 0.342. The Morgan fingerprint density at radius 1 is 1.08 bits per heavy atom. The molecule has 0 radical (unpaired) electrons. The van der Waals surface area contributed by atoms with Gasteiger partial charge in [0, 0.05) is 11.0 Å². The predicted molar refractivity (Wildman–Crippen MR) is 102 cm³/mol. The van der Waals surface area contributed by atoms with Crippen molar-refractivity contribution in [1.82, 2.24) is 5.32 Å². The van der Waals surface area contributed by atoms with E-state index in [0.717, 1.165) is 22.9 Å². The molecule has 0 unspecified atom stereocenters. The molecule has 0 saturated carbocycles. The average Bonchev–Trinajstić information content (AvgIpc) is 2.61. The lowest BCUT2D eigenvalue weighted by Crippen LogP contribution is -2.29. The molecular formula is C19H21BrN2O3. The first-order valence-electron chi connectivity index (χ1n) is 8.16. The number of carbonyl (C=O) groups is 2. The molecular weight excluding hydrogens is 384 g/mol. The van der Waals surface area contributed by atoms with Crippen LogP contribution in [0.15, 0.2) is 53.0 Å². The minimum atomic E-state index is -0.435. The van der Waals surface area contributed by atoms with Gasteiger partial charge in [0.1, 0.15) is 0 Å². The van der Waals surface area contributed by atoms with Gasteiger partial charge in [0.05, 0.1) is 17.9 Å². The molecule has 6 heteroatoms. The zero-order chi connectivity index (χ0) is 18.1. The first-order valence-corrected chi connectivity index (χ1v) is 8.95. The fourth-order valence-electron chi connectivity index (χ4n) is 2.14. The fraction of sp³-hybridized carbons (Fsp3) is 0.263. The molecule has 25 heavy (non-hydrogen) atoms. The van der Waals surface area contributed by atoms with Crippen LogP contribution in [-0.4, -0.2) is 18.6 Å². The van der Waals surface area contributed by atoms with E-state index in [2.05, 4.69) is 26.6 Å². The summed E-state index contributed by atoms with van der Waals surface area (Å²) in [4.78, 5) is 24.3. The second-order valence-electron chi connectivity index (χ2n) is 5.43. The number of nitrogens with one attached hydrogen (secondary N) is 2. The summed E-state index contributed by atoms with van der Waals surface area (Å²) in [5.41, 5.74) is 1.73. The Morgan fingerprint density at radius 2 is 1.80 bits per heavy atom. The van der Waals surface area contributed by atoms with Crippen LogP contribution in [0, 0.1) is 0 Å². The molecule has 2 rings (SSSR count). The van der Waals surface area contributed by atoms with E-state index < -0.39 is 5.97 Å². The number of amides is 2. The van der Waals surface area contributed by atoms with E-state index in [1.807, 2.05) is 31.2 Å². The van der Waals surface area contributed by atoms with Gasteiger partial charge >= 0.3 is 12.0 Å². The smallest absolute Gasteiger partial charge is 0.340 e. The number of para-hydroxylation sites is 1. The molecule has 0 heterocycles. The monoisotopic (exact) mass is 404 g/mol.